The number of benzene rings is 1. The third kappa shape index (κ3) is 5.11. The second-order valence-corrected chi connectivity index (χ2v) is 8.32. The van der Waals surface area contributed by atoms with Crippen molar-refractivity contribution in [3.8, 4) is 0 Å². The number of carbonyl (C=O) groups excluding carboxylic acids is 3. The van der Waals surface area contributed by atoms with Crippen molar-refractivity contribution in [1.29, 1.82) is 0 Å². The Morgan fingerprint density at radius 1 is 1.03 bits per heavy atom. The number of nitrogens with one attached hydrogen (secondary N) is 4. The van der Waals surface area contributed by atoms with E-state index in [2.05, 4.69) is 21.3 Å². The molecule has 1 aromatic heterocycles. The van der Waals surface area contributed by atoms with E-state index in [1.54, 1.807) is 6.07 Å². The van der Waals surface area contributed by atoms with Crippen LogP contribution in [0.5, 0.6) is 0 Å². The van der Waals surface area contributed by atoms with Gasteiger partial charge in [0.1, 0.15) is 5.58 Å². The summed E-state index contributed by atoms with van der Waals surface area (Å²) in [6, 6.07) is 9.15. The van der Waals surface area contributed by atoms with Crippen LogP contribution in [0.4, 0.5) is 4.79 Å². The zero-order valence-electron chi connectivity index (χ0n) is 17.0. The molecular weight excluding hydrogens is 384 g/mol. The minimum absolute atomic E-state index is 0.0911. The molecule has 0 radical (unpaired) electrons. The molecule has 2 aromatic rings. The van der Waals surface area contributed by atoms with E-state index >= 15 is 0 Å². The van der Waals surface area contributed by atoms with Gasteiger partial charge in [0.05, 0.1) is 12.1 Å². The lowest BCUT2D eigenvalue weighted by atomic mass is 9.81. The van der Waals surface area contributed by atoms with Gasteiger partial charge in [-0.2, -0.15) is 0 Å². The smallest absolute Gasteiger partial charge is 0.315 e. The highest BCUT2D eigenvalue weighted by Gasteiger charge is 2.35. The topological polar surface area (TPSA) is 112 Å². The van der Waals surface area contributed by atoms with E-state index < -0.39 is 5.54 Å². The van der Waals surface area contributed by atoms with Crippen LogP contribution in [-0.4, -0.2) is 42.5 Å². The van der Waals surface area contributed by atoms with E-state index in [1.165, 1.54) is 0 Å². The highest BCUT2D eigenvalue weighted by molar-refractivity contribution is 5.96. The Morgan fingerprint density at radius 3 is 2.53 bits per heavy atom. The van der Waals surface area contributed by atoms with Crippen LogP contribution in [0.15, 0.2) is 34.7 Å². The van der Waals surface area contributed by atoms with Gasteiger partial charge in [0.15, 0.2) is 5.76 Å². The maximum absolute atomic E-state index is 12.9. The molecule has 4 rings (SSSR count). The maximum Gasteiger partial charge on any atom is 0.315 e. The lowest BCUT2D eigenvalue weighted by molar-refractivity contribution is -0.120. The molecule has 0 saturated heterocycles. The summed E-state index contributed by atoms with van der Waals surface area (Å²) in [6.07, 6.45) is 6.64. The summed E-state index contributed by atoms with van der Waals surface area (Å²) in [7, 11) is 0. The van der Waals surface area contributed by atoms with Gasteiger partial charge in [-0.1, -0.05) is 37.5 Å². The first-order valence-electron chi connectivity index (χ1n) is 10.7. The molecular formula is C22H28N4O4. The zero-order chi connectivity index (χ0) is 21.0. The third-order valence-electron chi connectivity index (χ3n) is 5.78. The quantitative estimate of drug-likeness (QED) is 0.559. The van der Waals surface area contributed by atoms with E-state index in [9.17, 15) is 14.4 Å². The van der Waals surface area contributed by atoms with Crippen LogP contribution in [0.2, 0.25) is 0 Å². The fraction of sp³-hybridized carbons (Fsp3) is 0.500. The summed E-state index contributed by atoms with van der Waals surface area (Å²) in [4.78, 5) is 36.8. The number of hydrogen-bond donors (Lipinski definition) is 4. The predicted octanol–water partition coefficient (Wildman–Crippen LogP) is 2.44. The number of hydrogen-bond acceptors (Lipinski definition) is 4. The van der Waals surface area contributed by atoms with Gasteiger partial charge in [0.2, 0.25) is 5.91 Å². The summed E-state index contributed by atoms with van der Waals surface area (Å²) in [5.74, 6) is -0.279. The standard InChI is InChI=1S/C22H28N4O4/c27-19(13-23-21(29)25-16-8-9-16)24-14-22(10-4-1-5-11-22)26-20(28)18-12-15-6-2-3-7-17(15)30-18/h2-3,6-7,12,16H,1,4-5,8-11,13-14H2,(H,24,27)(H,26,28)(H2,23,25,29). The monoisotopic (exact) mass is 412 g/mol. The molecule has 2 aliphatic carbocycles. The summed E-state index contributed by atoms with van der Waals surface area (Å²) < 4.78 is 5.69. The van der Waals surface area contributed by atoms with Crippen molar-refractivity contribution in [3.05, 3.63) is 36.1 Å². The molecule has 0 aliphatic heterocycles. The molecule has 4 N–H and O–H groups in total. The van der Waals surface area contributed by atoms with E-state index in [0.717, 1.165) is 50.3 Å². The molecule has 2 fully saturated rings. The highest BCUT2D eigenvalue weighted by atomic mass is 16.3. The molecule has 8 nitrogen and oxygen atoms in total. The van der Waals surface area contributed by atoms with Crippen molar-refractivity contribution in [2.45, 2.75) is 56.5 Å². The maximum atomic E-state index is 12.9. The number of para-hydroxylation sites is 1. The Hall–Kier alpha value is -3.03. The fourth-order valence-corrected chi connectivity index (χ4v) is 3.93. The molecule has 4 amide bonds. The van der Waals surface area contributed by atoms with Crippen LogP contribution >= 0.6 is 0 Å². The molecule has 0 bridgehead atoms. The van der Waals surface area contributed by atoms with Gasteiger partial charge in [-0.15, -0.1) is 0 Å². The summed E-state index contributed by atoms with van der Waals surface area (Å²) >= 11 is 0. The molecule has 0 unspecified atom stereocenters. The molecule has 8 heteroatoms. The van der Waals surface area contributed by atoms with E-state index in [-0.39, 0.29) is 36.2 Å². The largest absolute Gasteiger partial charge is 0.451 e. The summed E-state index contributed by atoms with van der Waals surface area (Å²) in [6.45, 7) is 0.232. The third-order valence-corrected chi connectivity index (χ3v) is 5.78. The lowest BCUT2D eigenvalue weighted by Gasteiger charge is -2.38. The average molecular weight is 412 g/mol. The normalized spacial score (nSPS) is 17.9. The first-order chi connectivity index (χ1) is 14.5. The van der Waals surface area contributed by atoms with Crippen molar-refractivity contribution < 1.29 is 18.8 Å². The number of carbonyl (C=O) groups is 3. The summed E-state index contributed by atoms with van der Waals surface area (Å²) in [5, 5.41) is 12.2. The van der Waals surface area contributed by atoms with Gasteiger partial charge in [-0.3, -0.25) is 9.59 Å². The Balaban J connectivity index is 1.34. The number of fused-ring (bicyclic) bond motifs is 1. The van der Waals surface area contributed by atoms with Crippen LogP contribution in [0.25, 0.3) is 11.0 Å². The first kappa shape index (κ1) is 20.3. The van der Waals surface area contributed by atoms with Gasteiger partial charge in [0, 0.05) is 18.0 Å². The van der Waals surface area contributed by atoms with Gasteiger partial charge in [0.25, 0.3) is 5.91 Å². The Morgan fingerprint density at radius 2 is 1.80 bits per heavy atom. The SMILES string of the molecule is O=C(CNC(=O)NC1CC1)NCC1(NC(=O)c2cc3ccccc3o2)CCCCC1. The van der Waals surface area contributed by atoms with Gasteiger partial charge in [-0.25, -0.2) is 4.79 Å². The second-order valence-electron chi connectivity index (χ2n) is 8.32. The van der Waals surface area contributed by atoms with Crippen LogP contribution in [0.1, 0.15) is 55.5 Å². The van der Waals surface area contributed by atoms with E-state index in [1.807, 2.05) is 24.3 Å². The molecule has 30 heavy (non-hydrogen) atoms. The molecule has 0 spiro atoms. The zero-order valence-corrected chi connectivity index (χ0v) is 17.0. The Bertz CT molecular complexity index is 895. The van der Waals surface area contributed by atoms with Crippen molar-refractivity contribution in [2.24, 2.45) is 0 Å². The first-order valence-corrected chi connectivity index (χ1v) is 10.7. The van der Waals surface area contributed by atoms with Crippen molar-refractivity contribution in [3.63, 3.8) is 0 Å². The number of furan rings is 1. The number of amides is 4. The highest BCUT2D eigenvalue weighted by Crippen LogP contribution is 2.29. The molecule has 2 saturated carbocycles. The second kappa shape index (κ2) is 8.77. The fourth-order valence-electron chi connectivity index (χ4n) is 3.93. The van der Waals surface area contributed by atoms with Crippen molar-refractivity contribution in [2.75, 3.05) is 13.1 Å². The molecule has 1 heterocycles. The van der Waals surface area contributed by atoms with Crippen molar-refractivity contribution in [1.82, 2.24) is 21.3 Å². The number of rotatable bonds is 7. The number of urea groups is 1. The van der Waals surface area contributed by atoms with Crippen LogP contribution in [0, 0.1) is 0 Å². The molecule has 160 valence electrons. The van der Waals surface area contributed by atoms with E-state index in [4.69, 9.17) is 4.42 Å². The van der Waals surface area contributed by atoms with Crippen LogP contribution in [-0.2, 0) is 4.79 Å². The molecule has 1 aromatic carbocycles. The van der Waals surface area contributed by atoms with Gasteiger partial charge < -0.3 is 25.7 Å². The van der Waals surface area contributed by atoms with E-state index in [0.29, 0.717) is 12.1 Å². The van der Waals surface area contributed by atoms with Crippen molar-refractivity contribution >= 4 is 28.8 Å². The average Bonchev–Trinajstić information content (AvgIpc) is 3.45. The van der Waals surface area contributed by atoms with Crippen LogP contribution in [0.3, 0.4) is 0 Å². The summed E-state index contributed by atoms with van der Waals surface area (Å²) in [5.41, 5.74) is 0.157. The predicted molar refractivity (Wildman–Crippen MR) is 112 cm³/mol. The molecule has 0 atom stereocenters. The minimum atomic E-state index is -0.514. The van der Waals surface area contributed by atoms with Gasteiger partial charge in [-0.05, 0) is 37.8 Å². The Labute approximate surface area is 175 Å². The van der Waals surface area contributed by atoms with Gasteiger partial charge >= 0.3 is 6.03 Å². The minimum Gasteiger partial charge on any atom is -0.451 e. The molecule has 2 aliphatic rings. The van der Waals surface area contributed by atoms with Crippen LogP contribution < -0.4 is 21.3 Å². The lowest BCUT2D eigenvalue weighted by Crippen LogP contribution is -2.57. The Kier molecular flexibility index (Phi) is 5.92.